The topological polar surface area (TPSA) is 24.5 Å². The molecule has 1 saturated heterocycles. The number of nitrogens with zero attached hydrogens (tertiary/aromatic N) is 1. The van der Waals surface area contributed by atoms with Crippen LogP contribution in [-0.2, 0) is 11.3 Å². The number of hydrogen-bond acceptors (Lipinski definition) is 3. The van der Waals surface area contributed by atoms with Crippen molar-refractivity contribution >= 4 is 0 Å². The fraction of sp³-hybridized carbons (Fsp3) is 0.571. The van der Waals surface area contributed by atoms with Gasteiger partial charge in [0.2, 0.25) is 0 Å². The molecule has 4 heteroatoms. The molecule has 0 aliphatic carbocycles. The number of benzene rings is 1. The summed E-state index contributed by atoms with van der Waals surface area (Å²) in [6.45, 7) is 6.16. The second kappa shape index (κ2) is 6.27. The Hall–Kier alpha value is -0.970. The Bertz CT molecular complexity index is 397. The fourth-order valence-electron chi connectivity index (χ4n) is 2.18. The molecule has 1 heterocycles. The van der Waals surface area contributed by atoms with E-state index in [1.165, 1.54) is 6.07 Å². The molecule has 0 spiro atoms. The summed E-state index contributed by atoms with van der Waals surface area (Å²) in [6.07, 6.45) is 0.255. The van der Waals surface area contributed by atoms with Crippen molar-refractivity contribution in [3.63, 3.8) is 0 Å². The number of rotatable bonds is 4. The Kier molecular flexibility index (Phi) is 4.69. The van der Waals surface area contributed by atoms with Gasteiger partial charge in [0.15, 0.2) is 0 Å². The first kappa shape index (κ1) is 13.5. The molecule has 1 N–H and O–H groups in total. The zero-order chi connectivity index (χ0) is 13.0. The van der Waals surface area contributed by atoms with Gasteiger partial charge in [-0.2, -0.15) is 0 Å². The third kappa shape index (κ3) is 3.77. The summed E-state index contributed by atoms with van der Waals surface area (Å²) < 4.78 is 18.8. The lowest BCUT2D eigenvalue weighted by Gasteiger charge is -2.30. The molecular formula is C14H21FN2O. The second-order valence-corrected chi connectivity index (χ2v) is 4.97. The predicted molar refractivity (Wildman–Crippen MR) is 70.1 cm³/mol. The molecule has 0 amide bonds. The van der Waals surface area contributed by atoms with E-state index in [4.69, 9.17) is 4.74 Å². The summed E-state index contributed by atoms with van der Waals surface area (Å²) in [6, 6.07) is 5.23. The molecule has 100 valence electrons. The first-order valence-corrected chi connectivity index (χ1v) is 6.41. The molecule has 2 rings (SSSR count). The van der Waals surface area contributed by atoms with E-state index in [1.54, 1.807) is 6.92 Å². The SMILES string of the molecule is Cc1cc(CNC[C@@H]2CN(C)CCO2)ccc1F. The van der Waals surface area contributed by atoms with Crippen molar-refractivity contribution in [3.05, 3.63) is 35.1 Å². The molecule has 1 aromatic rings. The van der Waals surface area contributed by atoms with Gasteiger partial charge in [-0.3, -0.25) is 0 Å². The van der Waals surface area contributed by atoms with Gasteiger partial charge in [0.25, 0.3) is 0 Å². The molecule has 0 saturated carbocycles. The second-order valence-electron chi connectivity index (χ2n) is 4.97. The number of aryl methyl sites for hydroxylation is 1. The van der Waals surface area contributed by atoms with Crippen LogP contribution in [0.3, 0.4) is 0 Å². The quantitative estimate of drug-likeness (QED) is 0.880. The Balaban J connectivity index is 1.76. The van der Waals surface area contributed by atoms with E-state index in [1.807, 2.05) is 12.1 Å². The molecule has 0 unspecified atom stereocenters. The zero-order valence-electron chi connectivity index (χ0n) is 11.1. The lowest BCUT2D eigenvalue weighted by atomic mass is 10.1. The van der Waals surface area contributed by atoms with Gasteiger partial charge in [-0.1, -0.05) is 12.1 Å². The molecule has 0 radical (unpaired) electrons. The molecule has 1 fully saturated rings. The average molecular weight is 252 g/mol. The number of hydrogen-bond donors (Lipinski definition) is 1. The van der Waals surface area contributed by atoms with Crippen LogP contribution in [-0.4, -0.2) is 44.3 Å². The highest BCUT2D eigenvalue weighted by Crippen LogP contribution is 2.09. The van der Waals surface area contributed by atoms with E-state index >= 15 is 0 Å². The maximum Gasteiger partial charge on any atom is 0.126 e. The summed E-state index contributed by atoms with van der Waals surface area (Å²) in [7, 11) is 2.11. The first-order chi connectivity index (χ1) is 8.65. The van der Waals surface area contributed by atoms with Gasteiger partial charge in [-0.05, 0) is 31.2 Å². The minimum absolute atomic E-state index is 0.143. The minimum Gasteiger partial charge on any atom is -0.374 e. The van der Waals surface area contributed by atoms with Gasteiger partial charge in [0, 0.05) is 26.2 Å². The fourth-order valence-corrected chi connectivity index (χ4v) is 2.18. The van der Waals surface area contributed by atoms with Gasteiger partial charge in [0.1, 0.15) is 5.82 Å². The van der Waals surface area contributed by atoms with E-state index in [2.05, 4.69) is 17.3 Å². The molecule has 1 aromatic carbocycles. The highest BCUT2D eigenvalue weighted by atomic mass is 19.1. The zero-order valence-corrected chi connectivity index (χ0v) is 11.1. The smallest absolute Gasteiger partial charge is 0.126 e. The van der Waals surface area contributed by atoms with E-state index in [0.29, 0.717) is 5.56 Å². The van der Waals surface area contributed by atoms with Crippen molar-refractivity contribution < 1.29 is 9.13 Å². The molecule has 3 nitrogen and oxygen atoms in total. The van der Waals surface area contributed by atoms with Gasteiger partial charge in [-0.15, -0.1) is 0 Å². The Labute approximate surface area is 108 Å². The molecular weight excluding hydrogens is 231 g/mol. The summed E-state index contributed by atoms with van der Waals surface area (Å²) in [4.78, 5) is 2.28. The van der Waals surface area contributed by atoms with E-state index in [9.17, 15) is 4.39 Å². The van der Waals surface area contributed by atoms with Gasteiger partial charge in [-0.25, -0.2) is 4.39 Å². The van der Waals surface area contributed by atoms with Crippen LogP contribution in [0.1, 0.15) is 11.1 Å². The Morgan fingerprint density at radius 1 is 1.50 bits per heavy atom. The van der Waals surface area contributed by atoms with Crippen molar-refractivity contribution in [1.82, 2.24) is 10.2 Å². The van der Waals surface area contributed by atoms with Crippen molar-refractivity contribution in [2.24, 2.45) is 0 Å². The van der Waals surface area contributed by atoms with Crippen LogP contribution in [0.25, 0.3) is 0 Å². The number of halogens is 1. The highest BCUT2D eigenvalue weighted by molar-refractivity contribution is 5.23. The number of likely N-dealkylation sites (N-methyl/N-ethyl adjacent to an activating group) is 1. The van der Waals surface area contributed by atoms with E-state index in [-0.39, 0.29) is 11.9 Å². The number of nitrogens with one attached hydrogen (secondary N) is 1. The number of morpholine rings is 1. The maximum atomic E-state index is 13.1. The largest absolute Gasteiger partial charge is 0.374 e. The van der Waals surface area contributed by atoms with Crippen LogP contribution in [0.4, 0.5) is 4.39 Å². The summed E-state index contributed by atoms with van der Waals surface area (Å²) in [5.74, 6) is -0.143. The third-order valence-electron chi connectivity index (χ3n) is 3.27. The molecule has 0 aromatic heterocycles. The Morgan fingerprint density at radius 3 is 3.06 bits per heavy atom. The number of ether oxygens (including phenoxy) is 1. The van der Waals surface area contributed by atoms with Gasteiger partial charge in [0.05, 0.1) is 12.7 Å². The molecule has 18 heavy (non-hydrogen) atoms. The normalized spacial score (nSPS) is 21.2. The Morgan fingerprint density at radius 2 is 2.33 bits per heavy atom. The monoisotopic (exact) mass is 252 g/mol. The maximum absolute atomic E-state index is 13.1. The van der Waals surface area contributed by atoms with Crippen LogP contribution < -0.4 is 5.32 Å². The van der Waals surface area contributed by atoms with Gasteiger partial charge < -0.3 is 15.0 Å². The van der Waals surface area contributed by atoms with Crippen LogP contribution in [0.5, 0.6) is 0 Å². The van der Waals surface area contributed by atoms with Crippen LogP contribution >= 0.6 is 0 Å². The molecule has 0 bridgehead atoms. The van der Waals surface area contributed by atoms with Crippen LogP contribution in [0.15, 0.2) is 18.2 Å². The summed E-state index contributed by atoms with van der Waals surface area (Å²) in [5, 5.41) is 3.36. The first-order valence-electron chi connectivity index (χ1n) is 6.41. The van der Waals surface area contributed by atoms with Gasteiger partial charge >= 0.3 is 0 Å². The molecule has 1 atom stereocenters. The summed E-state index contributed by atoms with van der Waals surface area (Å²) >= 11 is 0. The van der Waals surface area contributed by atoms with Crippen molar-refractivity contribution in [1.29, 1.82) is 0 Å². The average Bonchev–Trinajstić information content (AvgIpc) is 2.34. The third-order valence-corrected chi connectivity index (χ3v) is 3.27. The molecule has 1 aliphatic rings. The standard InChI is InChI=1S/C14H21FN2O/c1-11-7-12(3-4-14(11)15)8-16-9-13-10-17(2)5-6-18-13/h3-4,7,13,16H,5-6,8-10H2,1-2H3/t13-/m1/s1. The van der Waals surface area contributed by atoms with E-state index < -0.39 is 0 Å². The predicted octanol–water partition coefficient (Wildman–Crippen LogP) is 1.55. The highest BCUT2D eigenvalue weighted by Gasteiger charge is 2.16. The lowest BCUT2D eigenvalue weighted by molar-refractivity contribution is -0.0182. The minimum atomic E-state index is -0.143. The van der Waals surface area contributed by atoms with Crippen molar-refractivity contribution in [2.45, 2.75) is 19.6 Å². The van der Waals surface area contributed by atoms with Crippen LogP contribution in [0, 0.1) is 12.7 Å². The molecule has 1 aliphatic heterocycles. The lowest BCUT2D eigenvalue weighted by Crippen LogP contribution is -2.44. The van der Waals surface area contributed by atoms with E-state index in [0.717, 1.165) is 38.3 Å². The summed E-state index contributed by atoms with van der Waals surface area (Å²) in [5.41, 5.74) is 1.81. The van der Waals surface area contributed by atoms with Crippen LogP contribution in [0.2, 0.25) is 0 Å². The van der Waals surface area contributed by atoms with Crippen molar-refractivity contribution in [2.75, 3.05) is 33.3 Å². The van der Waals surface area contributed by atoms with Crippen molar-refractivity contribution in [3.8, 4) is 0 Å².